The minimum atomic E-state index is -1.66. The van der Waals surface area contributed by atoms with Gasteiger partial charge >= 0.3 is 18.0 Å². The number of hydrogen-bond donors (Lipinski definition) is 1. The van der Waals surface area contributed by atoms with E-state index < -0.39 is 40.5 Å². The Labute approximate surface area is 168 Å². The molecule has 0 fully saturated rings. The lowest BCUT2D eigenvalue weighted by atomic mass is 9.91. The van der Waals surface area contributed by atoms with Crippen LogP contribution in [0.15, 0.2) is 24.3 Å². The number of nitro groups is 1. The van der Waals surface area contributed by atoms with Crippen LogP contribution in [0.4, 0.5) is 10.5 Å². The molecule has 1 N–H and O–H groups in total. The molecule has 0 aromatic heterocycles. The molecule has 1 unspecified atom stereocenters. The van der Waals surface area contributed by atoms with Crippen molar-refractivity contribution >= 4 is 23.7 Å². The summed E-state index contributed by atoms with van der Waals surface area (Å²) in [7, 11) is 0. The maximum Gasteiger partial charge on any atom is 0.408 e. The maximum atomic E-state index is 12.5. The van der Waals surface area contributed by atoms with Crippen LogP contribution < -0.4 is 5.32 Å². The number of para-hydroxylation sites is 1. The lowest BCUT2D eigenvalue weighted by Crippen LogP contribution is -2.44. The molecule has 10 heteroatoms. The lowest BCUT2D eigenvalue weighted by Gasteiger charge is -2.27. The van der Waals surface area contributed by atoms with Crippen molar-refractivity contribution < 1.29 is 33.5 Å². The number of esters is 2. The molecule has 1 rings (SSSR count). The highest BCUT2D eigenvalue weighted by Gasteiger charge is 2.42. The second kappa shape index (κ2) is 10.4. The van der Waals surface area contributed by atoms with Gasteiger partial charge in [0.05, 0.1) is 29.7 Å². The van der Waals surface area contributed by atoms with E-state index in [1.54, 1.807) is 34.6 Å². The molecular weight excluding hydrogens is 384 g/mol. The highest BCUT2D eigenvalue weighted by Crippen LogP contribution is 2.32. The van der Waals surface area contributed by atoms with Gasteiger partial charge in [-0.3, -0.25) is 19.7 Å². The number of amides is 1. The Morgan fingerprint density at radius 3 is 2.03 bits per heavy atom. The molecule has 0 saturated carbocycles. The summed E-state index contributed by atoms with van der Waals surface area (Å²) in [6.45, 7) is 7.89. The molecule has 0 heterocycles. The number of nitrogens with zero attached hydrogens (tertiary/aromatic N) is 1. The molecule has 1 atom stereocenters. The zero-order chi connectivity index (χ0) is 22.2. The molecule has 1 amide bonds. The highest BCUT2D eigenvalue weighted by atomic mass is 16.6. The smallest absolute Gasteiger partial charge is 0.408 e. The molecule has 0 bridgehead atoms. The van der Waals surface area contributed by atoms with Gasteiger partial charge < -0.3 is 19.5 Å². The predicted molar refractivity (Wildman–Crippen MR) is 102 cm³/mol. The summed E-state index contributed by atoms with van der Waals surface area (Å²) >= 11 is 0. The number of alkyl carbamates (subject to hydrolysis) is 1. The summed E-state index contributed by atoms with van der Waals surface area (Å²) in [5, 5.41) is 13.9. The number of rotatable bonds is 8. The fraction of sp³-hybridized carbons (Fsp3) is 0.526. The fourth-order valence-corrected chi connectivity index (χ4v) is 2.52. The van der Waals surface area contributed by atoms with E-state index in [2.05, 4.69) is 5.32 Å². The lowest BCUT2D eigenvalue weighted by molar-refractivity contribution is -0.385. The second-order valence-electron chi connectivity index (χ2n) is 6.92. The molecule has 160 valence electrons. The van der Waals surface area contributed by atoms with E-state index in [0.29, 0.717) is 0 Å². The zero-order valence-electron chi connectivity index (χ0n) is 17.1. The number of nitrogens with one attached hydrogen (secondary N) is 1. The first kappa shape index (κ1) is 23.9. The van der Waals surface area contributed by atoms with E-state index in [1.807, 2.05) is 0 Å². The Morgan fingerprint density at radius 1 is 1.07 bits per heavy atom. The molecule has 0 aliphatic heterocycles. The van der Waals surface area contributed by atoms with Gasteiger partial charge in [0.1, 0.15) is 5.60 Å². The SMILES string of the molecule is CCOC(=O)C(C(=O)OCC)C(NC(=O)OC(C)(C)C)c1ccccc1[N+](=O)[O-]. The molecular formula is C19H26N2O8. The van der Waals surface area contributed by atoms with E-state index in [1.165, 1.54) is 24.3 Å². The van der Waals surface area contributed by atoms with Crippen LogP contribution in [0.5, 0.6) is 0 Å². The first-order valence-electron chi connectivity index (χ1n) is 9.07. The van der Waals surface area contributed by atoms with Gasteiger partial charge in [-0.25, -0.2) is 4.79 Å². The number of carbonyl (C=O) groups excluding carboxylic acids is 3. The van der Waals surface area contributed by atoms with Gasteiger partial charge in [0.25, 0.3) is 5.69 Å². The molecule has 29 heavy (non-hydrogen) atoms. The quantitative estimate of drug-likeness (QED) is 0.227. The molecule has 0 aliphatic rings. The van der Waals surface area contributed by atoms with E-state index in [4.69, 9.17) is 14.2 Å². The van der Waals surface area contributed by atoms with Crippen LogP contribution in [0, 0.1) is 16.0 Å². The predicted octanol–water partition coefficient (Wildman–Crippen LogP) is 2.90. The third kappa shape index (κ3) is 7.05. The van der Waals surface area contributed by atoms with Crippen LogP contribution in [0.25, 0.3) is 0 Å². The Hall–Kier alpha value is -3.17. The van der Waals surface area contributed by atoms with E-state index in [9.17, 15) is 24.5 Å². The monoisotopic (exact) mass is 410 g/mol. The Kier molecular flexibility index (Phi) is 8.56. The van der Waals surface area contributed by atoms with Crippen molar-refractivity contribution in [2.24, 2.45) is 5.92 Å². The first-order chi connectivity index (χ1) is 13.5. The molecule has 0 saturated heterocycles. The number of nitro benzene ring substituents is 1. The Balaban J connectivity index is 3.51. The van der Waals surface area contributed by atoms with Gasteiger partial charge in [-0.2, -0.15) is 0 Å². The minimum absolute atomic E-state index is 0.0369. The third-order valence-corrected chi connectivity index (χ3v) is 3.56. The van der Waals surface area contributed by atoms with Crippen LogP contribution in [-0.2, 0) is 23.8 Å². The Bertz CT molecular complexity index is 739. The van der Waals surface area contributed by atoms with Gasteiger partial charge in [0.2, 0.25) is 0 Å². The van der Waals surface area contributed by atoms with Gasteiger partial charge in [0.15, 0.2) is 5.92 Å². The summed E-state index contributed by atoms with van der Waals surface area (Å²) in [6.07, 6.45) is -0.959. The molecule has 1 aromatic rings. The summed E-state index contributed by atoms with van der Waals surface area (Å²) in [5.74, 6) is -3.63. The number of benzene rings is 1. The van der Waals surface area contributed by atoms with Gasteiger partial charge in [-0.15, -0.1) is 0 Å². The number of carbonyl (C=O) groups is 3. The molecule has 10 nitrogen and oxygen atoms in total. The van der Waals surface area contributed by atoms with Crippen LogP contribution in [0.1, 0.15) is 46.2 Å². The van der Waals surface area contributed by atoms with Crippen molar-refractivity contribution in [1.29, 1.82) is 0 Å². The topological polar surface area (TPSA) is 134 Å². The van der Waals surface area contributed by atoms with Crippen molar-refractivity contribution in [3.63, 3.8) is 0 Å². The molecule has 0 aliphatic carbocycles. The summed E-state index contributed by atoms with van der Waals surface area (Å²) in [4.78, 5) is 48.3. The summed E-state index contributed by atoms with van der Waals surface area (Å²) in [5.41, 5.74) is -1.32. The Morgan fingerprint density at radius 2 is 1.59 bits per heavy atom. The molecule has 0 radical (unpaired) electrons. The number of ether oxygens (including phenoxy) is 3. The first-order valence-corrected chi connectivity index (χ1v) is 9.07. The van der Waals surface area contributed by atoms with E-state index >= 15 is 0 Å². The van der Waals surface area contributed by atoms with Gasteiger partial charge in [-0.05, 0) is 34.6 Å². The van der Waals surface area contributed by atoms with Crippen LogP contribution in [-0.4, -0.2) is 41.8 Å². The minimum Gasteiger partial charge on any atom is -0.465 e. The molecule has 1 aromatic carbocycles. The maximum absolute atomic E-state index is 12.5. The summed E-state index contributed by atoms with van der Waals surface area (Å²) < 4.78 is 15.1. The summed E-state index contributed by atoms with van der Waals surface area (Å²) in [6, 6.07) is 4.01. The standard InChI is InChI=1S/C19H26N2O8/c1-6-27-16(22)14(17(23)28-7-2)15(20-18(24)29-19(3,4)5)12-10-8-9-11-13(12)21(25)26/h8-11,14-15H,6-7H2,1-5H3,(H,20,24). The van der Waals surface area contributed by atoms with Crippen LogP contribution in [0.2, 0.25) is 0 Å². The van der Waals surface area contributed by atoms with Crippen LogP contribution in [0.3, 0.4) is 0 Å². The van der Waals surface area contributed by atoms with Crippen LogP contribution >= 0.6 is 0 Å². The van der Waals surface area contributed by atoms with Crippen molar-refractivity contribution in [2.45, 2.75) is 46.3 Å². The van der Waals surface area contributed by atoms with Crippen molar-refractivity contribution in [3.8, 4) is 0 Å². The average molecular weight is 410 g/mol. The average Bonchev–Trinajstić information content (AvgIpc) is 2.60. The van der Waals surface area contributed by atoms with E-state index in [-0.39, 0.29) is 24.5 Å². The van der Waals surface area contributed by atoms with E-state index in [0.717, 1.165) is 0 Å². The van der Waals surface area contributed by atoms with Gasteiger partial charge in [0, 0.05) is 6.07 Å². The third-order valence-electron chi connectivity index (χ3n) is 3.56. The zero-order valence-corrected chi connectivity index (χ0v) is 17.1. The van der Waals surface area contributed by atoms with Gasteiger partial charge in [-0.1, -0.05) is 18.2 Å². The highest BCUT2D eigenvalue weighted by molar-refractivity contribution is 5.96. The van der Waals surface area contributed by atoms with Crippen molar-refractivity contribution in [3.05, 3.63) is 39.9 Å². The molecule has 0 spiro atoms. The van der Waals surface area contributed by atoms with Crippen molar-refractivity contribution in [2.75, 3.05) is 13.2 Å². The largest absolute Gasteiger partial charge is 0.465 e. The normalized spacial score (nSPS) is 12.1. The van der Waals surface area contributed by atoms with Crippen molar-refractivity contribution in [1.82, 2.24) is 5.32 Å². The number of hydrogen-bond acceptors (Lipinski definition) is 8. The second-order valence-corrected chi connectivity index (χ2v) is 6.92. The fourth-order valence-electron chi connectivity index (χ4n) is 2.52.